The summed E-state index contributed by atoms with van der Waals surface area (Å²) in [7, 11) is -3.38. The molecule has 0 aliphatic heterocycles. The summed E-state index contributed by atoms with van der Waals surface area (Å²) in [6.07, 6.45) is 5.66. The molecule has 0 amide bonds. The Bertz CT molecular complexity index is 766. The van der Waals surface area contributed by atoms with E-state index in [1.165, 1.54) is 11.3 Å². The Kier molecular flexibility index (Phi) is 5.65. The summed E-state index contributed by atoms with van der Waals surface area (Å²) in [6, 6.07) is 11.2. The number of rotatable bonds is 6. The second-order valence-corrected chi connectivity index (χ2v) is 9.72. The van der Waals surface area contributed by atoms with Gasteiger partial charge in [0.25, 0.3) is 0 Å². The maximum absolute atomic E-state index is 12.5. The molecule has 1 fully saturated rings. The van der Waals surface area contributed by atoms with Crippen LogP contribution in [0, 0.1) is 0 Å². The molecule has 0 unspecified atom stereocenters. The van der Waals surface area contributed by atoms with Gasteiger partial charge in [0, 0.05) is 21.9 Å². The lowest BCUT2D eigenvalue weighted by atomic mass is 9.73. The van der Waals surface area contributed by atoms with Gasteiger partial charge < -0.3 is 0 Å². The molecule has 0 bridgehead atoms. The molecule has 0 spiro atoms. The molecule has 1 N–H and O–H groups in total. The van der Waals surface area contributed by atoms with Gasteiger partial charge >= 0.3 is 0 Å². The van der Waals surface area contributed by atoms with Gasteiger partial charge in [0.15, 0.2) is 0 Å². The number of hydrogen-bond acceptors (Lipinski definition) is 3. The van der Waals surface area contributed by atoms with Crippen LogP contribution in [0.25, 0.3) is 0 Å². The van der Waals surface area contributed by atoms with Crippen molar-refractivity contribution in [3.8, 4) is 0 Å². The first kappa shape index (κ1) is 17.9. The molecule has 6 heteroatoms. The summed E-state index contributed by atoms with van der Waals surface area (Å²) in [5.41, 5.74) is 0.664. The first-order valence-corrected chi connectivity index (χ1v) is 11.2. The first-order valence-electron chi connectivity index (χ1n) is 8.25. The summed E-state index contributed by atoms with van der Waals surface area (Å²) in [5, 5.41) is 2.64. The van der Waals surface area contributed by atoms with Crippen LogP contribution in [0.15, 0.2) is 41.8 Å². The molecule has 3 nitrogen and oxygen atoms in total. The Morgan fingerprint density at radius 1 is 1.12 bits per heavy atom. The average Bonchev–Trinajstić information content (AvgIpc) is 3.09. The van der Waals surface area contributed by atoms with E-state index in [0.717, 1.165) is 25.7 Å². The van der Waals surface area contributed by atoms with E-state index in [1.54, 1.807) is 35.6 Å². The zero-order valence-electron chi connectivity index (χ0n) is 13.5. The molecule has 2 aromatic rings. The fourth-order valence-corrected chi connectivity index (χ4v) is 5.88. The zero-order chi connectivity index (χ0) is 17.0. The van der Waals surface area contributed by atoms with Crippen LogP contribution in [0.2, 0.25) is 5.02 Å². The van der Waals surface area contributed by atoms with E-state index >= 15 is 0 Å². The predicted molar refractivity (Wildman–Crippen MR) is 101 cm³/mol. The predicted octanol–water partition coefficient (Wildman–Crippen LogP) is 4.72. The second kappa shape index (κ2) is 7.56. The Hall–Kier alpha value is -0.880. The molecule has 0 atom stereocenters. The Morgan fingerprint density at radius 2 is 1.92 bits per heavy atom. The van der Waals surface area contributed by atoms with E-state index in [2.05, 4.69) is 22.2 Å². The third-order valence-electron chi connectivity index (χ3n) is 4.73. The lowest BCUT2D eigenvalue weighted by Gasteiger charge is -2.36. The minimum Gasteiger partial charge on any atom is -0.214 e. The number of nitrogens with one attached hydrogen (secondary N) is 1. The van der Waals surface area contributed by atoms with Crippen molar-refractivity contribution >= 4 is 33.0 Å². The van der Waals surface area contributed by atoms with Crippen molar-refractivity contribution < 1.29 is 8.42 Å². The molecule has 0 radical (unpaired) electrons. The van der Waals surface area contributed by atoms with Gasteiger partial charge in [-0.15, -0.1) is 11.3 Å². The largest absolute Gasteiger partial charge is 0.215 e. The molecule has 1 aromatic heterocycles. The normalized spacial score (nSPS) is 17.7. The second-order valence-electron chi connectivity index (χ2n) is 6.53. The standard InChI is InChI=1S/C18H22ClNO2S2/c19-16-7-4-6-15(12-16)13-24(21,22)20-14-18(9-2-1-3-10-18)17-8-5-11-23-17/h4-8,11-12,20H,1-3,9-10,13-14H2. The highest BCUT2D eigenvalue weighted by molar-refractivity contribution is 7.88. The number of sulfonamides is 1. The molecule has 1 aliphatic carbocycles. The van der Waals surface area contributed by atoms with E-state index < -0.39 is 10.0 Å². The summed E-state index contributed by atoms with van der Waals surface area (Å²) < 4.78 is 27.9. The van der Waals surface area contributed by atoms with Gasteiger partial charge in [-0.2, -0.15) is 0 Å². The molecule has 3 rings (SSSR count). The van der Waals surface area contributed by atoms with Crippen molar-refractivity contribution in [3.05, 3.63) is 57.2 Å². The van der Waals surface area contributed by atoms with Crippen LogP contribution >= 0.6 is 22.9 Å². The van der Waals surface area contributed by atoms with E-state index in [1.807, 2.05) is 0 Å². The van der Waals surface area contributed by atoms with Gasteiger partial charge in [0.2, 0.25) is 10.0 Å². The zero-order valence-corrected chi connectivity index (χ0v) is 15.9. The molecular formula is C18H22ClNO2S2. The fourth-order valence-electron chi connectivity index (χ4n) is 3.46. The van der Waals surface area contributed by atoms with Crippen molar-refractivity contribution in [2.45, 2.75) is 43.3 Å². The van der Waals surface area contributed by atoms with Crippen LogP contribution in [0.5, 0.6) is 0 Å². The van der Waals surface area contributed by atoms with Crippen LogP contribution in [0.3, 0.4) is 0 Å². The molecule has 1 aliphatic rings. The maximum atomic E-state index is 12.5. The van der Waals surface area contributed by atoms with E-state index in [9.17, 15) is 8.42 Å². The van der Waals surface area contributed by atoms with E-state index in [-0.39, 0.29) is 11.2 Å². The van der Waals surface area contributed by atoms with Crippen LogP contribution < -0.4 is 4.72 Å². The molecule has 1 aromatic carbocycles. The quantitative estimate of drug-likeness (QED) is 0.784. The van der Waals surface area contributed by atoms with Gasteiger partial charge in [-0.3, -0.25) is 0 Å². The van der Waals surface area contributed by atoms with Gasteiger partial charge in [0.1, 0.15) is 0 Å². The molecule has 24 heavy (non-hydrogen) atoms. The van der Waals surface area contributed by atoms with Gasteiger partial charge in [-0.25, -0.2) is 13.1 Å². The molecule has 1 heterocycles. The van der Waals surface area contributed by atoms with Crippen molar-refractivity contribution in [2.75, 3.05) is 6.54 Å². The fraction of sp³-hybridized carbons (Fsp3) is 0.444. The lowest BCUT2D eigenvalue weighted by Crippen LogP contribution is -2.42. The number of halogens is 1. The SMILES string of the molecule is O=S(=O)(Cc1cccc(Cl)c1)NCC1(c2cccs2)CCCCC1. The first-order chi connectivity index (χ1) is 11.5. The van der Waals surface area contributed by atoms with Crippen molar-refractivity contribution in [3.63, 3.8) is 0 Å². The van der Waals surface area contributed by atoms with Crippen molar-refractivity contribution in [1.29, 1.82) is 0 Å². The molecule has 130 valence electrons. The van der Waals surface area contributed by atoms with Crippen LogP contribution in [0.1, 0.15) is 42.5 Å². The highest BCUT2D eigenvalue weighted by Gasteiger charge is 2.35. The number of hydrogen-bond donors (Lipinski definition) is 1. The Balaban J connectivity index is 1.72. The van der Waals surface area contributed by atoms with E-state index in [4.69, 9.17) is 11.6 Å². The summed E-state index contributed by atoms with van der Waals surface area (Å²) in [6.45, 7) is 0.483. The number of thiophene rings is 1. The molecule has 1 saturated carbocycles. The van der Waals surface area contributed by atoms with E-state index in [0.29, 0.717) is 17.1 Å². The average molecular weight is 384 g/mol. The van der Waals surface area contributed by atoms with Gasteiger partial charge in [-0.1, -0.05) is 49.1 Å². The molecule has 0 saturated heterocycles. The minimum atomic E-state index is -3.38. The monoisotopic (exact) mass is 383 g/mol. The smallest absolute Gasteiger partial charge is 0.214 e. The lowest BCUT2D eigenvalue weighted by molar-refractivity contribution is 0.298. The summed E-state index contributed by atoms with van der Waals surface area (Å²) >= 11 is 7.68. The van der Waals surface area contributed by atoms with Crippen LogP contribution in [-0.4, -0.2) is 15.0 Å². The summed E-state index contributed by atoms with van der Waals surface area (Å²) in [4.78, 5) is 1.30. The van der Waals surface area contributed by atoms with Gasteiger partial charge in [-0.05, 0) is 42.0 Å². The third-order valence-corrected chi connectivity index (χ3v) is 7.38. The van der Waals surface area contributed by atoms with Crippen molar-refractivity contribution in [2.24, 2.45) is 0 Å². The van der Waals surface area contributed by atoms with Gasteiger partial charge in [0.05, 0.1) is 5.75 Å². The minimum absolute atomic E-state index is 0.0337. The third kappa shape index (κ3) is 4.39. The van der Waals surface area contributed by atoms with Crippen molar-refractivity contribution in [1.82, 2.24) is 4.72 Å². The van der Waals surface area contributed by atoms with Crippen LogP contribution in [-0.2, 0) is 21.2 Å². The topological polar surface area (TPSA) is 46.2 Å². The number of benzene rings is 1. The Labute approximate surface area is 153 Å². The van der Waals surface area contributed by atoms with Crippen LogP contribution in [0.4, 0.5) is 0 Å². The molecular weight excluding hydrogens is 362 g/mol. The maximum Gasteiger partial charge on any atom is 0.215 e. The summed E-state index contributed by atoms with van der Waals surface area (Å²) in [5.74, 6) is -0.0337. The highest BCUT2D eigenvalue weighted by Crippen LogP contribution is 2.41. The Morgan fingerprint density at radius 3 is 2.58 bits per heavy atom. The highest BCUT2D eigenvalue weighted by atomic mass is 35.5.